The van der Waals surface area contributed by atoms with Crippen molar-refractivity contribution < 1.29 is 19.4 Å². The van der Waals surface area contributed by atoms with Crippen LogP contribution in [0.2, 0.25) is 0 Å². The lowest BCUT2D eigenvalue weighted by Crippen LogP contribution is -2.44. The van der Waals surface area contributed by atoms with E-state index in [9.17, 15) is 14.7 Å². The van der Waals surface area contributed by atoms with Crippen LogP contribution >= 0.6 is 0 Å². The van der Waals surface area contributed by atoms with Crippen LogP contribution in [0, 0.1) is 6.92 Å². The Morgan fingerprint density at radius 1 is 1.06 bits per heavy atom. The summed E-state index contributed by atoms with van der Waals surface area (Å²) in [7, 11) is 0. The van der Waals surface area contributed by atoms with Gasteiger partial charge in [-0.25, -0.2) is 4.79 Å². The van der Waals surface area contributed by atoms with Gasteiger partial charge in [0.2, 0.25) is 0 Å². The average molecular weight is 425 g/mol. The zero-order valence-electron chi connectivity index (χ0n) is 18.5. The number of hydrogen-bond donors (Lipinski definition) is 2. The summed E-state index contributed by atoms with van der Waals surface area (Å²) in [6, 6.07) is 17.4. The van der Waals surface area contributed by atoms with Crippen LogP contribution in [0.4, 0.5) is 4.79 Å². The minimum absolute atomic E-state index is 0.00380. The molecule has 2 aromatic carbocycles. The monoisotopic (exact) mass is 424 g/mol. The highest BCUT2D eigenvalue weighted by atomic mass is 16.5. The third-order valence-electron chi connectivity index (χ3n) is 5.71. The molecule has 1 aliphatic heterocycles. The first-order chi connectivity index (χ1) is 14.8. The molecule has 1 fully saturated rings. The van der Waals surface area contributed by atoms with E-state index in [2.05, 4.69) is 5.32 Å². The normalized spacial score (nSPS) is 20.6. The highest BCUT2D eigenvalue weighted by molar-refractivity contribution is 6.06. The third kappa shape index (κ3) is 5.51. The summed E-state index contributed by atoms with van der Waals surface area (Å²) in [6.07, 6.45) is 1.03. The lowest BCUT2D eigenvalue weighted by molar-refractivity contribution is -0.132. The van der Waals surface area contributed by atoms with Crippen molar-refractivity contribution in [3.63, 3.8) is 0 Å². The fourth-order valence-corrected chi connectivity index (χ4v) is 3.84. The maximum atomic E-state index is 12.8. The van der Waals surface area contributed by atoms with E-state index >= 15 is 0 Å². The SMILES string of the molecule is CCCC[C@]1(C)NC(=O)N(C[C@H](O)CO[C@H](c2ccccc2)c2ccc(C)cc2)C1=O. The number of urea groups is 1. The fraction of sp³-hybridized carbons (Fsp3) is 0.440. The van der Waals surface area contributed by atoms with Crippen LogP contribution in [0.1, 0.15) is 55.9 Å². The average Bonchev–Trinajstić information content (AvgIpc) is 2.97. The number of nitrogens with zero attached hydrogens (tertiary/aromatic N) is 1. The second kappa shape index (κ2) is 10.1. The molecule has 0 saturated carbocycles. The van der Waals surface area contributed by atoms with Gasteiger partial charge in [-0.1, -0.05) is 79.9 Å². The molecule has 0 radical (unpaired) electrons. The predicted molar refractivity (Wildman–Crippen MR) is 120 cm³/mol. The molecule has 3 amide bonds. The van der Waals surface area contributed by atoms with E-state index in [0.717, 1.165) is 34.4 Å². The van der Waals surface area contributed by atoms with E-state index in [4.69, 9.17) is 4.74 Å². The molecule has 1 saturated heterocycles. The molecule has 6 nitrogen and oxygen atoms in total. The Balaban J connectivity index is 1.66. The van der Waals surface area contributed by atoms with Crippen LogP contribution in [0.5, 0.6) is 0 Å². The van der Waals surface area contributed by atoms with Crippen LogP contribution in [0.15, 0.2) is 54.6 Å². The van der Waals surface area contributed by atoms with Gasteiger partial charge in [-0.05, 0) is 31.4 Å². The highest BCUT2D eigenvalue weighted by Gasteiger charge is 2.47. The Bertz CT molecular complexity index is 884. The number of aliphatic hydroxyl groups excluding tert-OH is 1. The Hall–Kier alpha value is -2.70. The minimum atomic E-state index is -0.986. The zero-order chi connectivity index (χ0) is 22.4. The number of benzene rings is 2. The van der Waals surface area contributed by atoms with Gasteiger partial charge in [-0.15, -0.1) is 0 Å². The molecule has 0 spiro atoms. The number of hydrogen-bond acceptors (Lipinski definition) is 4. The molecule has 0 bridgehead atoms. The number of aryl methyl sites for hydroxylation is 1. The summed E-state index contributed by atoms with van der Waals surface area (Å²) in [5.41, 5.74) is 2.20. The van der Waals surface area contributed by atoms with E-state index < -0.39 is 17.7 Å². The number of amides is 3. The van der Waals surface area contributed by atoms with Gasteiger partial charge in [0.15, 0.2) is 0 Å². The fourth-order valence-electron chi connectivity index (χ4n) is 3.84. The number of imide groups is 1. The van der Waals surface area contributed by atoms with Gasteiger partial charge in [0.25, 0.3) is 5.91 Å². The summed E-state index contributed by atoms with van der Waals surface area (Å²) in [4.78, 5) is 26.2. The molecule has 2 N–H and O–H groups in total. The van der Waals surface area contributed by atoms with Gasteiger partial charge in [0, 0.05) is 0 Å². The molecule has 1 heterocycles. The van der Waals surface area contributed by atoms with Gasteiger partial charge in [0.1, 0.15) is 11.6 Å². The molecule has 6 heteroatoms. The van der Waals surface area contributed by atoms with Crippen LogP contribution < -0.4 is 5.32 Å². The van der Waals surface area contributed by atoms with Crippen molar-refractivity contribution in [3.05, 3.63) is 71.3 Å². The van der Waals surface area contributed by atoms with Crippen LogP contribution in [0.25, 0.3) is 0 Å². The molecule has 0 aromatic heterocycles. The number of unbranched alkanes of at least 4 members (excludes halogenated alkanes) is 1. The smallest absolute Gasteiger partial charge is 0.325 e. The molecule has 2 aromatic rings. The first-order valence-corrected chi connectivity index (χ1v) is 10.9. The second-order valence-electron chi connectivity index (χ2n) is 8.47. The maximum absolute atomic E-state index is 12.8. The van der Waals surface area contributed by atoms with Gasteiger partial charge >= 0.3 is 6.03 Å². The standard InChI is InChI=1S/C25H32N2O4/c1-4-5-15-25(3)23(29)27(24(30)26-25)16-21(28)17-31-22(19-9-7-6-8-10-19)20-13-11-18(2)12-14-20/h6-14,21-22,28H,4-5,15-17H2,1-3H3,(H,26,30)/t21-,22+,25-/m0/s1. The van der Waals surface area contributed by atoms with Crippen LogP contribution in [0.3, 0.4) is 0 Å². The minimum Gasteiger partial charge on any atom is -0.389 e. The number of aliphatic hydroxyl groups is 1. The molecule has 166 valence electrons. The summed E-state index contributed by atoms with van der Waals surface area (Å²) < 4.78 is 6.09. The Labute approximate surface area is 184 Å². The predicted octanol–water partition coefficient (Wildman–Crippen LogP) is 3.96. The number of rotatable bonds is 10. The number of carbonyl (C=O) groups excluding carboxylic acids is 2. The van der Waals surface area contributed by atoms with E-state index in [-0.39, 0.29) is 25.2 Å². The Kier molecular flexibility index (Phi) is 7.46. The van der Waals surface area contributed by atoms with Gasteiger partial charge in [-0.2, -0.15) is 0 Å². The van der Waals surface area contributed by atoms with Gasteiger partial charge in [-0.3, -0.25) is 9.69 Å². The van der Waals surface area contributed by atoms with Crippen molar-refractivity contribution >= 4 is 11.9 Å². The summed E-state index contributed by atoms with van der Waals surface area (Å²) in [5, 5.41) is 13.4. The lowest BCUT2D eigenvalue weighted by Gasteiger charge is -2.24. The lowest BCUT2D eigenvalue weighted by atomic mass is 9.95. The zero-order valence-corrected chi connectivity index (χ0v) is 18.5. The van der Waals surface area contributed by atoms with Crippen LogP contribution in [-0.4, -0.2) is 46.7 Å². The number of ether oxygens (including phenoxy) is 1. The Morgan fingerprint density at radius 3 is 2.35 bits per heavy atom. The molecule has 0 aliphatic carbocycles. The van der Waals surface area contributed by atoms with Crippen molar-refractivity contribution in [2.45, 2.75) is 57.8 Å². The van der Waals surface area contributed by atoms with E-state index in [1.54, 1.807) is 6.92 Å². The van der Waals surface area contributed by atoms with Gasteiger partial charge in [0.05, 0.1) is 19.3 Å². The van der Waals surface area contributed by atoms with Crippen molar-refractivity contribution in [2.75, 3.05) is 13.2 Å². The summed E-state index contributed by atoms with van der Waals surface area (Å²) in [6.45, 7) is 5.71. The maximum Gasteiger partial charge on any atom is 0.325 e. The summed E-state index contributed by atoms with van der Waals surface area (Å²) >= 11 is 0. The van der Waals surface area contributed by atoms with E-state index in [0.29, 0.717) is 6.42 Å². The third-order valence-corrected chi connectivity index (χ3v) is 5.71. The van der Waals surface area contributed by atoms with Crippen LogP contribution in [-0.2, 0) is 9.53 Å². The molecule has 0 unspecified atom stereocenters. The van der Waals surface area contributed by atoms with E-state index in [1.807, 2.05) is 68.4 Å². The molecule has 3 atom stereocenters. The second-order valence-corrected chi connectivity index (χ2v) is 8.47. The molecule has 1 aliphatic rings. The molecule has 31 heavy (non-hydrogen) atoms. The topological polar surface area (TPSA) is 78.9 Å². The first-order valence-electron chi connectivity index (χ1n) is 10.9. The Morgan fingerprint density at radius 2 is 1.71 bits per heavy atom. The van der Waals surface area contributed by atoms with Crippen molar-refractivity contribution in [1.82, 2.24) is 10.2 Å². The van der Waals surface area contributed by atoms with E-state index in [1.165, 1.54) is 0 Å². The van der Waals surface area contributed by atoms with Crippen molar-refractivity contribution in [2.24, 2.45) is 0 Å². The highest BCUT2D eigenvalue weighted by Crippen LogP contribution is 2.27. The summed E-state index contributed by atoms with van der Waals surface area (Å²) in [5.74, 6) is -0.289. The molecular weight excluding hydrogens is 392 g/mol. The first kappa shape index (κ1) is 23.0. The number of β-amino-alcohol motifs (C(OH)–C–C–N with tert-alkyl or cyclic N) is 1. The number of nitrogens with one attached hydrogen (secondary N) is 1. The quantitative estimate of drug-likeness (QED) is 0.566. The van der Waals surface area contributed by atoms with Crippen molar-refractivity contribution in [1.29, 1.82) is 0 Å². The largest absolute Gasteiger partial charge is 0.389 e. The molecular formula is C25H32N2O4. The van der Waals surface area contributed by atoms with Gasteiger partial charge < -0.3 is 15.2 Å². The molecule has 3 rings (SSSR count). The number of carbonyl (C=O) groups is 2. The van der Waals surface area contributed by atoms with Crippen molar-refractivity contribution in [3.8, 4) is 0 Å².